The number of nitrogens with zero attached hydrogens (tertiary/aromatic N) is 2. The van der Waals surface area contributed by atoms with Crippen LogP contribution in [0.1, 0.15) is 18.4 Å². The van der Waals surface area contributed by atoms with Crippen LogP contribution in [0.3, 0.4) is 0 Å². The molecule has 1 saturated heterocycles. The summed E-state index contributed by atoms with van der Waals surface area (Å²) in [5.41, 5.74) is 2.37. The molecule has 136 valence electrons. The van der Waals surface area contributed by atoms with Crippen molar-refractivity contribution in [3.63, 3.8) is 0 Å². The van der Waals surface area contributed by atoms with E-state index in [-0.39, 0.29) is 12.0 Å². The molecule has 2 aromatic carbocycles. The van der Waals surface area contributed by atoms with Gasteiger partial charge >= 0.3 is 0 Å². The summed E-state index contributed by atoms with van der Waals surface area (Å²) in [5, 5.41) is 13.2. The van der Waals surface area contributed by atoms with Crippen LogP contribution in [-0.4, -0.2) is 35.7 Å². The quantitative estimate of drug-likeness (QED) is 0.752. The van der Waals surface area contributed by atoms with Gasteiger partial charge in [-0.25, -0.2) is 9.98 Å². The Labute approximate surface area is 155 Å². The first kappa shape index (κ1) is 16.1. The molecule has 0 aliphatic carbocycles. The Morgan fingerprint density at radius 3 is 3.11 bits per heavy atom. The van der Waals surface area contributed by atoms with Gasteiger partial charge in [0.25, 0.3) is 0 Å². The second-order valence-corrected chi connectivity index (χ2v) is 6.79. The van der Waals surface area contributed by atoms with E-state index in [1.165, 1.54) is 0 Å². The van der Waals surface area contributed by atoms with E-state index in [1.54, 1.807) is 6.34 Å². The SMILES string of the molecule is Oc1[nH]c2cccc(OC3CCCOC3)c2c1/C=c1\ccc2c(c1)N=CN=2. The zero-order chi connectivity index (χ0) is 18.2. The van der Waals surface area contributed by atoms with E-state index in [0.717, 1.165) is 52.4 Å². The molecule has 6 nitrogen and oxygen atoms in total. The lowest BCUT2D eigenvalue weighted by Gasteiger charge is -2.23. The zero-order valence-corrected chi connectivity index (χ0v) is 14.7. The minimum atomic E-state index is 0.0326. The van der Waals surface area contributed by atoms with Gasteiger partial charge in [-0.3, -0.25) is 0 Å². The largest absolute Gasteiger partial charge is 0.494 e. The number of aromatic hydroxyl groups is 1. The zero-order valence-electron chi connectivity index (χ0n) is 14.7. The highest BCUT2D eigenvalue weighted by Gasteiger charge is 2.19. The van der Waals surface area contributed by atoms with Crippen molar-refractivity contribution in [2.45, 2.75) is 18.9 Å². The van der Waals surface area contributed by atoms with Crippen LogP contribution >= 0.6 is 0 Å². The Morgan fingerprint density at radius 1 is 1.26 bits per heavy atom. The number of aliphatic imine (C=N–C) groups is 1. The van der Waals surface area contributed by atoms with Crippen molar-refractivity contribution in [3.05, 3.63) is 52.5 Å². The van der Waals surface area contributed by atoms with E-state index in [9.17, 15) is 5.11 Å². The Hall–Kier alpha value is -3.12. The first-order valence-electron chi connectivity index (χ1n) is 9.08. The van der Waals surface area contributed by atoms with Gasteiger partial charge in [-0.2, -0.15) is 0 Å². The predicted molar refractivity (Wildman–Crippen MR) is 103 cm³/mol. The molecule has 1 unspecified atom stereocenters. The summed E-state index contributed by atoms with van der Waals surface area (Å²) in [6.07, 6.45) is 5.49. The third-order valence-electron chi connectivity index (χ3n) is 4.92. The van der Waals surface area contributed by atoms with Crippen molar-refractivity contribution in [1.29, 1.82) is 0 Å². The molecule has 1 fully saturated rings. The minimum absolute atomic E-state index is 0.0326. The molecular formula is C21H19N3O3. The number of hydrogen-bond acceptors (Lipinski definition) is 5. The fourth-order valence-corrected chi connectivity index (χ4v) is 3.61. The summed E-state index contributed by atoms with van der Waals surface area (Å²) in [4.78, 5) is 11.5. The topological polar surface area (TPSA) is 79.2 Å². The van der Waals surface area contributed by atoms with Gasteiger partial charge < -0.3 is 19.6 Å². The van der Waals surface area contributed by atoms with Crippen molar-refractivity contribution in [3.8, 4) is 11.6 Å². The highest BCUT2D eigenvalue weighted by molar-refractivity contribution is 5.96. The van der Waals surface area contributed by atoms with Crippen molar-refractivity contribution < 1.29 is 14.6 Å². The molecule has 0 bridgehead atoms. The molecule has 5 rings (SSSR count). The van der Waals surface area contributed by atoms with Gasteiger partial charge in [-0.15, -0.1) is 0 Å². The first-order valence-corrected chi connectivity index (χ1v) is 9.08. The number of H-pyrrole nitrogens is 1. The van der Waals surface area contributed by atoms with Crippen LogP contribution in [0, 0.1) is 0 Å². The second-order valence-electron chi connectivity index (χ2n) is 6.79. The maximum atomic E-state index is 10.5. The Bertz CT molecular complexity index is 1160. The average Bonchev–Trinajstić information content (AvgIpc) is 3.27. The maximum Gasteiger partial charge on any atom is 0.197 e. The van der Waals surface area contributed by atoms with Crippen LogP contribution in [-0.2, 0) is 4.74 Å². The smallest absolute Gasteiger partial charge is 0.197 e. The summed E-state index contributed by atoms with van der Waals surface area (Å²) in [6.45, 7) is 1.39. The third-order valence-corrected chi connectivity index (χ3v) is 4.92. The van der Waals surface area contributed by atoms with E-state index < -0.39 is 0 Å². The molecule has 2 N–H and O–H groups in total. The van der Waals surface area contributed by atoms with E-state index in [0.29, 0.717) is 12.2 Å². The molecule has 1 atom stereocenters. The van der Waals surface area contributed by atoms with Crippen LogP contribution < -0.4 is 15.3 Å². The number of aromatic amines is 1. The minimum Gasteiger partial charge on any atom is -0.494 e. The number of aromatic nitrogens is 1. The molecule has 0 spiro atoms. The van der Waals surface area contributed by atoms with Gasteiger partial charge in [0, 0.05) is 12.2 Å². The van der Waals surface area contributed by atoms with E-state index >= 15 is 0 Å². The van der Waals surface area contributed by atoms with Gasteiger partial charge in [0.05, 0.1) is 28.6 Å². The fraction of sp³-hybridized carbons (Fsp3) is 0.238. The lowest BCUT2D eigenvalue weighted by atomic mass is 10.1. The highest BCUT2D eigenvalue weighted by Crippen LogP contribution is 2.36. The summed E-state index contributed by atoms with van der Waals surface area (Å²) < 4.78 is 11.7. The Kier molecular flexibility index (Phi) is 3.90. The fourth-order valence-electron chi connectivity index (χ4n) is 3.61. The average molecular weight is 361 g/mol. The predicted octanol–water partition coefficient (Wildman–Crippen LogP) is 2.55. The number of fused-ring (bicyclic) bond motifs is 2. The van der Waals surface area contributed by atoms with Crippen LogP contribution in [0.5, 0.6) is 11.6 Å². The van der Waals surface area contributed by atoms with Crippen molar-refractivity contribution in [1.82, 2.24) is 4.98 Å². The molecule has 0 amide bonds. The first-order chi connectivity index (χ1) is 13.3. The van der Waals surface area contributed by atoms with Crippen LogP contribution in [0.4, 0.5) is 5.69 Å². The van der Waals surface area contributed by atoms with Gasteiger partial charge in [-0.1, -0.05) is 12.1 Å². The lowest BCUT2D eigenvalue weighted by Crippen LogP contribution is -2.28. The molecular weight excluding hydrogens is 342 g/mol. The molecule has 3 aromatic rings. The molecule has 3 heterocycles. The molecule has 2 aliphatic rings. The molecule has 2 aliphatic heterocycles. The van der Waals surface area contributed by atoms with Gasteiger partial charge in [-0.05, 0) is 48.4 Å². The van der Waals surface area contributed by atoms with E-state index in [1.807, 2.05) is 42.5 Å². The summed E-state index contributed by atoms with van der Waals surface area (Å²) in [6, 6.07) is 11.6. The molecule has 0 saturated carbocycles. The number of rotatable bonds is 3. The normalized spacial score (nSPS) is 19.3. The van der Waals surface area contributed by atoms with E-state index in [4.69, 9.17) is 9.47 Å². The highest BCUT2D eigenvalue weighted by atomic mass is 16.5. The molecule has 0 radical (unpaired) electrons. The van der Waals surface area contributed by atoms with Crippen LogP contribution in [0.15, 0.2) is 46.4 Å². The van der Waals surface area contributed by atoms with Crippen LogP contribution in [0.25, 0.3) is 17.0 Å². The summed E-state index contributed by atoms with van der Waals surface area (Å²) in [5.74, 6) is 0.870. The molecule has 6 heteroatoms. The van der Waals surface area contributed by atoms with Gasteiger partial charge in [0.2, 0.25) is 0 Å². The monoisotopic (exact) mass is 361 g/mol. The van der Waals surface area contributed by atoms with Crippen molar-refractivity contribution >= 4 is 29.0 Å². The Balaban J connectivity index is 1.61. The lowest BCUT2D eigenvalue weighted by molar-refractivity contribution is 0.00808. The summed E-state index contributed by atoms with van der Waals surface area (Å²) in [7, 11) is 0. The van der Waals surface area contributed by atoms with Crippen LogP contribution in [0.2, 0.25) is 0 Å². The second kappa shape index (κ2) is 6.55. The Morgan fingerprint density at radius 2 is 2.22 bits per heavy atom. The number of benzene rings is 2. The third kappa shape index (κ3) is 2.98. The van der Waals surface area contributed by atoms with Crippen molar-refractivity contribution in [2.75, 3.05) is 13.2 Å². The van der Waals surface area contributed by atoms with Crippen molar-refractivity contribution in [2.24, 2.45) is 9.98 Å². The van der Waals surface area contributed by atoms with Gasteiger partial charge in [0.1, 0.15) is 18.2 Å². The molecule has 27 heavy (non-hydrogen) atoms. The summed E-state index contributed by atoms with van der Waals surface area (Å²) >= 11 is 0. The van der Waals surface area contributed by atoms with E-state index in [2.05, 4.69) is 15.0 Å². The van der Waals surface area contributed by atoms with Gasteiger partial charge in [0.15, 0.2) is 5.88 Å². The number of nitrogens with one attached hydrogen (secondary N) is 1. The standard InChI is InChI=1S/C21H19N3O3/c25-21-15(9-13-6-7-16-18(10-13)23-12-22-16)20-17(24-21)4-1-5-19(20)27-14-3-2-8-26-11-14/h1,4-7,9-10,12,14,24-25H,2-3,8,11H2/b13-9+. The number of hydrogen-bond donors (Lipinski definition) is 2. The molecule has 1 aromatic heterocycles. The maximum absolute atomic E-state index is 10.5. The number of ether oxygens (including phenoxy) is 2.